The van der Waals surface area contributed by atoms with Gasteiger partial charge in [-0.1, -0.05) is 23.7 Å². The van der Waals surface area contributed by atoms with Gasteiger partial charge in [-0.25, -0.2) is 9.07 Å². The monoisotopic (exact) mass is 427 g/mol. The van der Waals surface area contributed by atoms with Crippen molar-refractivity contribution < 1.29 is 13.9 Å². The lowest BCUT2D eigenvalue weighted by atomic mass is 9.73. The number of carbonyl (C=O) groups excluding carboxylic acids is 1. The number of nitrogens with zero attached hydrogens (tertiary/aromatic N) is 2. The molecule has 4 rings (SSSR count). The topological polar surface area (TPSA) is 56.2 Å². The minimum absolute atomic E-state index is 0.189. The van der Waals surface area contributed by atoms with Crippen molar-refractivity contribution in [3.05, 3.63) is 76.3 Å². The molecule has 30 heavy (non-hydrogen) atoms. The van der Waals surface area contributed by atoms with E-state index in [1.807, 2.05) is 38.1 Å². The van der Waals surface area contributed by atoms with Crippen molar-refractivity contribution in [3.63, 3.8) is 0 Å². The first kappa shape index (κ1) is 20.6. The molecule has 3 aromatic rings. The second-order valence-corrected chi connectivity index (χ2v) is 8.10. The zero-order valence-electron chi connectivity index (χ0n) is 16.9. The number of benzene rings is 2. The molecule has 0 spiro atoms. The average molecular weight is 428 g/mol. The van der Waals surface area contributed by atoms with E-state index in [1.165, 1.54) is 6.07 Å². The average Bonchev–Trinajstić information content (AvgIpc) is 3.06. The molecule has 1 aliphatic heterocycles. The molecule has 1 fully saturated rings. The Balaban J connectivity index is 1.63. The molecular weight excluding hydrogens is 405 g/mol. The van der Waals surface area contributed by atoms with Crippen LogP contribution in [-0.2, 0) is 14.9 Å². The quantitative estimate of drug-likeness (QED) is 0.639. The molecule has 5 nitrogen and oxygen atoms in total. The summed E-state index contributed by atoms with van der Waals surface area (Å²) < 4.78 is 21.9. The number of anilines is 1. The van der Waals surface area contributed by atoms with Gasteiger partial charge in [0.15, 0.2) is 5.82 Å². The first-order valence-electron chi connectivity index (χ1n) is 9.87. The molecule has 0 radical (unpaired) electrons. The zero-order valence-corrected chi connectivity index (χ0v) is 17.7. The Morgan fingerprint density at radius 3 is 2.57 bits per heavy atom. The molecule has 0 saturated carbocycles. The lowest BCUT2D eigenvalue weighted by Crippen LogP contribution is -2.44. The fraction of sp³-hybridized carbons (Fsp3) is 0.304. The van der Waals surface area contributed by atoms with Gasteiger partial charge in [-0.15, -0.1) is 0 Å². The molecule has 1 aromatic heterocycles. The maximum Gasteiger partial charge on any atom is 0.235 e. The van der Waals surface area contributed by atoms with E-state index in [9.17, 15) is 9.18 Å². The number of halogens is 2. The number of nitrogens with one attached hydrogen (secondary N) is 1. The van der Waals surface area contributed by atoms with Gasteiger partial charge in [0.2, 0.25) is 5.91 Å². The molecule has 0 aliphatic carbocycles. The Labute approximate surface area is 179 Å². The smallest absolute Gasteiger partial charge is 0.235 e. The predicted octanol–water partition coefficient (Wildman–Crippen LogP) is 4.97. The summed E-state index contributed by atoms with van der Waals surface area (Å²) in [5.41, 5.74) is 2.46. The number of carbonyl (C=O) groups is 1. The SMILES string of the molecule is Cc1cc(C)n(-c2ccc(NC(=O)C3(c4cccc(Cl)c4)CCOCC3)cc2F)n1. The highest BCUT2D eigenvalue weighted by Crippen LogP contribution is 2.37. The number of hydrogen-bond acceptors (Lipinski definition) is 3. The van der Waals surface area contributed by atoms with Crippen molar-refractivity contribution in [2.24, 2.45) is 0 Å². The Kier molecular flexibility index (Phi) is 5.62. The number of aryl methyl sites for hydroxylation is 2. The molecule has 1 N–H and O–H groups in total. The van der Waals surface area contributed by atoms with Crippen LogP contribution in [0.25, 0.3) is 5.69 Å². The van der Waals surface area contributed by atoms with Crippen molar-refractivity contribution in [3.8, 4) is 5.69 Å². The van der Waals surface area contributed by atoms with Crippen molar-refractivity contribution in [2.75, 3.05) is 18.5 Å². The number of ether oxygens (including phenoxy) is 1. The van der Waals surface area contributed by atoms with E-state index in [0.717, 1.165) is 17.0 Å². The maximum atomic E-state index is 14.8. The fourth-order valence-corrected chi connectivity index (χ4v) is 4.22. The van der Waals surface area contributed by atoms with Gasteiger partial charge in [-0.2, -0.15) is 5.10 Å². The normalized spacial score (nSPS) is 15.7. The largest absolute Gasteiger partial charge is 0.381 e. The summed E-state index contributed by atoms with van der Waals surface area (Å²) in [6, 6.07) is 13.9. The van der Waals surface area contributed by atoms with Crippen LogP contribution in [0, 0.1) is 19.7 Å². The fourth-order valence-electron chi connectivity index (χ4n) is 4.03. The third kappa shape index (κ3) is 3.85. The summed E-state index contributed by atoms with van der Waals surface area (Å²) in [7, 11) is 0. The predicted molar refractivity (Wildman–Crippen MR) is 115 cm³/mol. The van der Waals surface area contributed by atoms with Crippen LogP contribution < -0.4 is 5.32 Å². The summed E-state index contributed by atoms with van der Waals surface area (Å²) in [5.74, 6) is -0.644. The van der Waals surface area contributed by atoms with E-state index in [2.05, 4.69) is 10.4 Å². The molecule has 0 bridgehead atoms. The minimum atomic E-state index is -0.770. The molecule has 1 amide bonds. The van der Waals surface area contributed by atoms with Gasteiger partial charge in [-0.3, -0.25) is 4.79 Å². The Morgan fingerprint density at radius 1 is 1.17 bits per heavy atom. The van der Waals surface area contributed by atoms with Crippen LogP contribution in [-0.4, -0.2) is 28.9 Å². The van der Waals surface area contributed by atoms with Gasteiger partial charge in [0.25, 0.3) is 0 Å². The summed E-state index contributed by atoms with van der Waals surface area (Å²) in [6.45, 7) is 4.69. The highest BCUT2D eigenvalue weighted by atomic mass is 35.5. The molecule has 0 atom stereocenters. The maximum absolute atomic E-state index is 14.8. The van der Waals surface area contributed by atoms with Crippen LogP contribution in [0.3, 0.4) is 0 Å². The van der Waals surface area contributed by atoms with E-state index in [0.29, 0.717) is 42.5 Å². The highest BCUT2D eigenvalue weighted by Gasteiger charge is 2.42. The van der Waals surface area contributed by atoms with Gasteiger partial charge >= 0.3 is 0 Å². The number of aromatic nitrogens is 2. The van der Waals surface area contributed by atoms with Gasteiger partial charge in [0.1, 0.15) is 5.69 Å². The van der Waals surface area contributed by atoms with Crippen LogP contribution in [0.15, 0.2) is 48.5 Å². The van der Waals surface area contributed by atoms with Crippen molar-refractivity contribution in [1.29, 1.82) is 0 Å². The van der Waals surface area contributed by atoms with E-state index in [-0.39, 0.29) is 5.91 Å². The van der Waals surface area contributed by atoms with Crippen molar-refractivity contribution in [1.82, 2.24) is 9.78 Å². The second-order valence-electron chi connectivity index (χ2n) is 7.66. The Bertz CT molecular complexity index is 1090. The summed E-state index contributed by atoms with van der Waals surface area (Å²) >= 11 is 6.18. The van der Waals surface area contributed by atoms with Gasteiger partial charge in [-0.05, 0) is 68.7 Å². The highest BCUT2D eigenvalue weighted by molar-refractivity contribution is 6.30. The van der Waals surface area contributed by atoms with Crippen LogP contribution in [0.2, 0.25) is 5.02 Å². The number of rotatable bonds is 4. The molecular formula is C23H23ClFN3O2. The van der Waals surface area contributed by atoms with Gasteiger partial charge in [0, 0.05) is 29.6 Å². The molecule has 2 heterocycles. The first-order valence-corrected chi connectivity index (χ1v) is 10.3. The minimum Gasteiger partial charge on any atom is -0.381 e. The third-order valence-corrected chi connectivity index (χ3v) is 5.84. The van der Waals surface area contributed by atoms with Crippen LogP contribution in [0.4, 0.5) is 10.1 Å². The van der Waals surface area contributed by atoms with Gasteiger partial charge in [0.05, 0.1) is 11.1 Å². The molecule has 7 heteroatoms. The number of amides is 1. The molecule has 0 unspecified atom stereocenters. The summed E-state index contributed by atoms with van der Waals surface area (Å²) in [5, 5.41) is 7.81. The lowest BCUT2D eigenvalue weighted by Gasteiger charge is -2.36. The third-order valence-electron chi connectivity index (χ3n) is 5.60. The van der Waals surface area contributed by atoms with E-state index >= 15 is 0 Å². The molecule has 156 valence electrons. The number of hydrogen-bond donors (Lipinski definition) is 1. The standard InChI is InChI=1S/C23H23ClFN3O2/c1-15-12-16(2)28(27-15)21-7-6-19(14-20(21)25)26-22(29)23(8-10-30-11-9-23)17-4-3-5-18(24)13-17/h3-7,12-14H,8-11H2,1-2H3,(H,26,29). The summed E-state index contributed by atoms with van der Waals surface area (Å²) in [6.07, 6.45) is 1.07. The second kappa shape index (κ2) is 8.20. The van der Waals surface area contributed by atoms with Crippen LogP contribution >= 0.6 is 11.6 Å². The van der Waals surface area contributed by atoms with Crippen LogP contribution in [0.5, 0.6) is 0 Å². The van der Waals surface area contributed by atoms with Crippen molar-refractivity contribution >= 4 is 23.2 Å². The van der Waals surface area contributed by atoms with Gasteiger partial charge < -0.3 is 10.1 Å². The van der Waals surface area contributed by atoms with E-state index < -0.39 is 11.2 Å². The summed E-state index contributed by atoms with van der Waals surface area (Å²) in [4.78, 5) is 13.4. The molecule has 2 aromatic carbocycles. The zero-order chi connectivity index (χ0) is 21.3. The van der Waals surface area contributed by atoms with Crippen LogP contribution in [0.1, 0.15) is 29.8 Å². The molecule has 1 aliphatic rings. The van der Waals surface area contributed by atoms with E-state index in [4.69, 9.17) is 16.3 Å². The molecule has 1 saturated heterocycles. The Morgan fingerprint density at radius 2 is 1.93 bits per heavy atom. The lowest BCUT2D eigenvalue weighted by molar-refractivity contribution is -0.125. The first-order chi connectivity index (χ1) is 14.4. The van der Waals surface area contributed by atoms with Crippen molar-refractivity contribution in [2.45, 2.75) is 32.1 Å². The van der Waals surface area contributed by atoms with E-state index in [1.54, 1.807) is 22.9 Å². The Hall–Kier alpha value is -2.70.